The number of pyridine rings is 1. The lowest BCUT2D eigenvalue weighted by atomic mass is 10.2. The third-order valence-electron chi connectivity index (χ3n) is 2.48. The molecule has 2 aromatic heterocycles. The van der Waals surface area contributed by atoms with Crippen molar-refractivity contribution in [2.75, 3.05) is 0 Å². The third kappa shape index (κ3) is 2.48. The Hall–Kier alpha value is -2.21. The number of phenols is 1. The molecule has 6 heteroatoms. The fourth-order valence-electron chi connectivity index (χ4n) is 1.59. The monoisotopic (exact) mass is 317 g/mol. The highest BCUT2D eigenvalue weighted by molar-refractivity contribution is 9.10. The van der Waals surface area contributed by atoms with Crippen LogP contribution < -0.4 is 0 Å². The van der Waals surface area contributed by atoms with Gasteiger partial charge in [-0.1, -0.05) is 11.2 Å². The van der Waals surface area contributed by atoms with Crippen LogP contribution in [-0.2, 0) is 0 Å². The van der Waals surface area contributed by atoms with Crippen LogP contribution in [-0.4, -0.2) is 20.2 Å². The van der Waals surface area contributed by atoms with Crippen molar-refractivity contribution in [1.29, 1.82) is 0 Å². The summed E-state index contributed by atoms with van der Waals surface area (Å²) in [5, 5.41) is 13.3. The minimum atomic E-state index is 0.152. The first-order valence-electron chi connectivity index (χ1n) is 5.47. The molecule has 0 bridgehead atoms. The topological polar surface area (TPSA) is 72.0 Å². The van der Waals surface area contributed by atoms with E-state index in [1.54, 1.807) is 36.5 Å². The van der Waals surface area contributed by atoms with Gasteiger partial charge in [0.15, 0.2) is 0 Å². The second-order valence-electron chi connectivity index (χ2n) is 3.84. The van der Waals surface area contributed by atoms with Crippen molar-refractivity contribution < 1.29 is 9.63 Å². The van der Waals surface area contributed by atoms with E-state index < -0.39 is 0 Å². The van der Waals surface area contributed by atoms with Crippen molar-refractivity contribution in [1.82, 2.24) is 15.1 Å². The molecule has 0 atom stereocenters. The van der Waals surface area contributed by atoms with Gasteiger partial charge in [0, 0.05) is 16.2 Å². The smallest absolute Gasteiger partial charge is 0.258 e. The number of nitrogens with zero attached hydrogens (tertiary/aromatic N) is 3. The van der Waals surface area contributed by atoms with Crippen molar-refractivity contribution >= 4 is 15.9 Å². The van der Waals surface area contributed by atoms with Gasteiger partial charge < -0.3 is 9.63 Å². The van der Waals surface area contributed by atoms with Gasteiger partial charge in [-0.2, -0.15) is 4.98 Å². The number of rotatable bonds is 2. The average Bonchev–Trinajstić information content (AvgIpc) is 2.89. The predicted molar refractivity (Wildman–Crippen MR) is 72.3 cm³/mol. The average molecular weight is 318 g/mol. The Balaban J connectivity index is 1.97. The zero-order valence-corrected chi connectivity index (χ0v) is 11.2. The summed E-state index contributed by atoms with van der Waals surface area (Å²) in [7, 11) is 0. The second kappa shape index (κ2) is 4.81. The molecule has 1 N–H and O–H groups in total. The largest absolute Gasteiger partial charge is 0.508 e. The van der Waals surface area contributed by atoms with Gasteiger partial charge in [0.2, 0.25) is 5.82 Å². The maximum Gasteiger partial charge on any atom is 0.258 e. The van der Waals surface area contributed by atoms with Crippen LogP contribution in [0.5, 0.6) is 5.75 Å². The van der Waals surface area contributed by atoms with E-state index in [0.29, 0.717) is 23.0 Å². The van der Waals surface area contributed by atoms with Crippen LogP contribution in [0.25, 0.3) is 23.0 Å². The lowest BCUT2D eigenvalue weighted by molar-refractivity contribution is 0.431. The third-order valence-corrected chi connectivity index (χ3v) is 2.94. The van der Waals surface area contributed by atoms with Gasteiger partial charge in [-0.15, -0.1) is 0 Å². The Bertz CT molecular complexity index is 710. The highest BCUT2D eigenvalue weighted by atomic mass is 79.9. The van der Waals surface area contributed by atoms with Crippen LogP contribution in [0.15, 0.2) is 51.6 Å². The quantitative estimate of drug-likeness (QED) is 0.785. The number of hydrogen-bond donors (Lipinski definition) is 1. The highest BCUT2D eigenvalue weighted by Gasteiger charge is 2.11. The van der Waals surface area contributed by atoms with Gasteiger partial charge in [-0.25, -0.2) is 0 Å². The molecule has 0 aliphatic heterocycles. The van der Waals surface area contributed by atoms with E-state index in [9.17, 15) is 5.11 Å². The number of benzene rings is 1. The van der Waals surface area contributed by atoms with Gasteiger partial charge >= 0.3 is 0 Å². The molecule has 0 unspecified atom stereocenters. The standard InChI is InChI=1S/C13H8BrN3O2/c14-9-4-5-11(15-7-9)12-16-13(19-17-12)8-2-1-3-10(18)6-8/h1-7,18H. The first-order valence-corrected chi connectivity index (χ1v) is 6.27. The molecular weight excluding hydrogens is 310 g/mol. The van der Waals surface area contributed by atoms with E-state index in [4.69, 9.17) is 4.52 Å². The zero-order chi connectivity index (χ0) is 13.2. The SMILES string of the molecule is Oc1cccc(-c2nc(-c3ccc(Br)cn3)no2)c1. The molecule has 5 nitrogen and oxygen atoms in total. The van der Waals surface area contributed by atoms with Crippen LogP contribution in [0.1, 0.15) is 0 Å². The minimum absolute atomic E-state index is 0.152. The van der Waals surface area contributed by atoms with Gasteiger partial charge in [0.25, 0.3) is 5.89 Å². The van der Waals surface area contributed by atoms with Crippen molar-refractivity contribution in [2.45, 2.75) is 0 Å². The molecule has 2 heterocycles. The van der Waals surface area contributed by atoms with Crippen LogP contribution in [0.2, 0.25) is 0 Å². The fourth-order valence-corrected chi connectivity index (χ4v) is 1.83. The Morgan fingerprint density at radius 3 is 2.79 bits per heavy atom. The Morgan fingerprint density at radius 2 is 2.05 bits per heavy atom. The molecule has 3 rings (SSSR count). The van der Waals surface area contributed by atoms with Crippen molar-refractivity contribution in [3.8, 4) is 28.7 Å². The summed E-state index contributed by atoms with van der Waals surface area (Å²) in [6.07, 6.45) is 1.67. The molecule has 1 aromatic carbocycles. The maximum absolute atomic E-state index is 9.42. The summed E-state index contributed by atoms with van der Waals surface area (Å²) >= 11 is 3.31. The lowest BCUT2D eigenvalue weighted by Gasteiger charge is -1.94. The van der Waals surface area contributed by atoms with Gasteiger partial charge in [0.05, 0.1) is 0 Å². The molecule has 0 aliphatic rings. The highest BCUT2D eigenvalue weighted by Crippen LogP contribution is 2.24. The van der Waals surface area contributed by atoms with Crippen LogP contribution >= 0.6 is 15.9 Å². The van der Waals surface area contributed by atoms with Crippen LogP contribution in [0, 0.1) is 0 Å². The zero-order valence-electron chi connectivity index (χ0n) is 9.62. The molecular formula is C13H8BrN3O2. The number of aromatic hydroxyl groups is 1. The van der Waals surface area contributed by atoms with E-state index in [-0.39, 0.29) is 5.75 Å². The lowest BCUT2D eigenvalue weighted by Crippen LogP contribution is -1.85. The Kier molecular flexibility index (Phi) is 3.00. The van der Waals surface area contributed by atoms with Gasteiger partial charge in [-0.05, 0) is 46.3 Å². The summed E-state index contributed by atoms with van der Waals surface area (Å²) < 4.78 is 6.05. The van der Waals surface area contributed by atoms with E-state index in [0.717, 1.165) is 4.47 Å². The van der Waals surface area contributed by atoms with E-state index in [1.807, 2.05) is 6.07 Å². The number of halogens is 1. The summed E-state index contributed by atoms with van der Waals surface area (Å²) in [5.41, 5.74) is 1.29. The van der Waals surface area contributed by atoms with Crippen LogP contribution in [0.3, 0.4) is 0 Å². The molecule has 0 spiro atoms. The van der Waals surface area contributed by atoms with Gasteiger partial charge in [-0.3, -0.25) is 4.98 Å². The van der Waals surface area contributed by atoms with E-state index in [2.05, 4.69) is 31.1 Å². The van der Waals surface area contributed by atoms with E-state index in [1.165, 1.54) is 0 Å². The Labute approximate surface area is 117 Å². The van der Waals surface area contributed by atoms with Crippen molar-refractivity contribution in [3.63, 3.8) is 0 Å². The van der Waals surface area contributed by atoms with Crippen LogP contribution in [0.4, 0.5) is 0 Å². The van der Waals surface area contributed by atoms with Crippen molar-refractivity contribution in [3.05, 3.63) is 47.1 Å². The molecule has 94 valence electrons. The second-order valence-corrected chi connectivity index (χ2v) is 4.75. The molecule has 0 saturated carbocycles. The van der Waals surface area contributed by atoms with E-state index >= 15 is 0 Å². The molecule has 0 aliphatic carbocycles. The van der Waals surface area contributed by atoms with Crippen molar-refractivity contribution in [2.24, 2.45) is 0 Å². The fraction of sp³-hybridized carbons (Fsp3) is 0. The molecule has 0 saturated heterocycles. The minimum Gasteiger partial charge on any atom is -0.508 e. The summed E-state index contributed by atoms with van der Waals surface area (Å²) in [5.74, 6) is 0.903. The summed E-state index contributed by atoms with van der Waals surface area (Å²) in [6.45, 7) is 0. The normalized spacial score (nSPS) is 10.6. The maximum atomic E-state index is 9.42. The Morgan fingerprint density at radius 1 is 1.16 bits per heavy atom. The number of phenolic OH excluding ortho intramolecular Hbond substituents is 1. The molecule has 19 heavy (non-hydrogen) atoms. The first kappa shape index (κ1) is 11.9. The molecule has 0 amide bonds. The predicted octanol–water partition coefficient (Wildman–Crippen LogP) is 3.27. The molecule has 0 fully saturated rings. The summed E-state index contributed by atoms with van der Waals surface area (Å²) in [4.78, 5) is 8.45. The molecule has 0 radical (unpaired) electrons. The first-order chi connectivity index (χ1) is 9.22. The summed E-state index contributed by atoms with van der Waals surface area (Å²) in [6, 6.07) is 10.3. The number of aromatic nitrogens is 3. The molecule has 3 aromatic rings. The number of hydrogen-bond acceptors (Lipinski definition) is 5. The van der Waals surface area contributed by atoms with Gasteiger partial charge in [0.1, 0.15) is 11.4 Å².